The summed E-state index contributed by atoms with van der Waals surface area (Å²) in [4.78, 5) is 39.9. The Bertz CT molecular complexity index is 850. The third-order valence-electron chi connectivity index (χ3n) is 3.75. The molecule has 1 atom stereocenters. The van der Waals surface area contributed by atoms with Crippen molar-refractivity contribution in [2.45, 2.75) is 26.9 Å². The molecule has 0 radical (unpaired) electrons. The Morgan fingerprint density at radius 3 is 2.48 bits per heavy atom. The zero-order chi connectivity index (χ0) is 20.0. The first-order valence-electron chi connectivity index (χ1n) is 8.24. The van der Waals surface area contributed by atoms with E-state index in [0.29, 0.717) is 10.7 Å². The van der Waals surface area contributed by atoms with E-state index in [9.17, 15) is 14.4 Å². The molecular weight excluding hydrogens is 370 g/mol. The molecule has 2 rings (SSSR count). The number of nitrogens with one attached hydrogen (secondary N) is 2. The molecule has 0 bridgehead atoms. The number of pyridine rings is 1. The maximum atomic E-state index is 12.2. The molecule has 27 heavy (non-hydrogen) atoms. The lowest BCUT2D eigenvalue weighted by Gasteiger charge is -2.16. The summed E-state index contributed by atoms with van der Waals surface area (Å²) in [6.45, 7) is 4.81. The SMILES string of the molecule is Cc1cccc(C)c1NC(=O)[C@H](C)OC(=O)CNC(=O)c1cc(Cl)ccn1. The molecule has 1 aromatic carbocycles. The van der Waals surface area contributed by atoms with E-state index in [-0.39, 0.29) is 5.69 Å². The van der Waals surface area contributed by atoms with Crippen molar-refractivity contribution in [3.63, 3.8) is 0 Å². The van der Waals surface area contributed by atoms with Gasteiger partial charge in [-0.15, -0.1) is 0 Å². The van der Waals surface area contributed by atoms with Gasteiger partial charge < -0.3 is 15.4 Å². The van der Waals surface area contributed by atoms with Crippen LogP contribution in [0.4, 0.5) is 5.69 Å². The Balaban J connectivity index is 1.86. The molecule has 0 aliphatic rings. The quantitative estimate of drug-likeness (QED) is 0.740. The van der Waals surface area contributed by atoms with Crippen LogP contribution in [0.1, 0.15) is 28.5 Å². The number of amides is 2. The summed E-state index contributed by atoms with van der Waals surface area (Å²) in [5, 5.41) is 5.48. The van der Waals surface area contributed by atoms with Gasteiger partial charge in [0.05, 0.1) is 0 Å². The molecule has 1 aromatic heterocycles. The molecule has 7 nitrogen and oxygen atoms in total. The van der Waals surface area contributed by atoms with E-state index in [1.54, 1.807) is 0 Å². The number of para-hydroxylation sites is 1. The molecule has 0 unspecified atom stereocenters. The van der Waals surface area contributed by atoms with Crippen LogP contribution in [0.3, 0.4) is 0 Å². The first kappa shape index (κ1) is 20.4. The molecule has 2 amide bonds. The van der Waals surface area contributed by atoms with Gasteiger partial charge in [-0.1, -0.05) is 29.8 Å². The van der Waals surface area contributed by atoms with Crippen molar-refractivity contribution < 1.29 is 19.1 Å². The number of nitrogens with zero attached hydrogens (tertiary/aromatic N) is 1. The maximum absolute atomic E-state index is 12.2. The van der Waals surface area contributed by atoms with Crippen LogP contribution in [0.5, 0.6) is 0 Å². The van der Waals surface area contributed by atoms with Gasteiger partial charge in [-0.05, 0) is 44.0 Å². The number of aryl methyl sites for hydroxylation is 2. The Kier molecular flexibility index (Phi) is 6.90. The highest BCUT2D eigenvalue weighted by Crippen LogP contribution is 2.19. The fourth-order valence-electron chi connectivity index (χ4n) is 2.30. The van der Waals surface area contributed by atoms with Gasteiger partial charge in [-0.25, -0.2) is 0 Å². The minimum Gasteiger partial charge on any atom is -0.451 e. The molecule has 0 aliphatic carbocycles. The molecule has 142 valence electrons. The summed E-state index contributed by atoms with van der Waals surface area (Å²) >= 11 is 5.79. The van der Waals surface area contributed by atoms with Crippen molar-refractivity contribution in [3.05, 3.63) is 58.4 Å². The van der Waals surface area contributed by atoms with Crippen LogP contribution in [0.2, 0.25) is 5.02 Å². The summed E-state index contributed by atoms with van der Waals surface area (Å²) in [5.74, 6) is -1.76. The van der Waals surface area contributed by atoms with Crippen molar-refractivity contribution in [1.82, 2.24) is 10.3 Å². The lowest BCUT2D eigenvalue weighted by atomic mass is 10.1. The average molecular weight is 390 g/mol. The number of halogens is 1. The van der Waals surface area contributed by atoms with Gasteiger partial charge in [0.15, 0.2) is 6.10 Å². The number of aromatic nitrogens is 1. The van der Waals surface area contributed by atoms with E-state index in [1.165, 1.54) is 25.3 Å². The fraction of sp³-hybridized carbons (Fsp3) is 0.263. The number of carbonyl (C=O) groups excluding carboxylic acids is 3. The molecule has 0 saturated heterocycles. The second-order valence-electron chi connectivity index (χ2n) is 5.93. The minimum atomic E-state index is -1.02. The van der Waals surface area contributed by atoms with E-state index >= 15 is 0 Å². The average Bonchev–Trinajstić information content (AvgIpc) is 2.62. The highest BCUT2D eigenvalue weighted by molar-refractivity contribution is 6.30. The van der Waals surface area contributed by atoms with Gasteiger partial charge in [0.1, 0.15) is 12.2 Å². The first-order chi connectivity index (χ1) is 12.8. The van der Waals surface area contributed by atoms with Crippen molar-refractivity contribution in [3.8, 4) is 0 Å². The third kappa shape index (κ3) is 5.79. The molecule has 0 spiro atoms. The lowest BCUT2D eigenvalue weighted by molar-refractivity contribution is -0.152. The summed E-state index contributed by atoms with van der Waals surface area (Å²) < 4.78 is 5.06. The monoisotopic (exact) mass is 389 g/mol. The number of anilines is 1. The molecule has 0 saturated carbocycles. The number of carbonyl (C=O) groups is 3. The topological polar surface area (TPSA) is 97.4 Å². The smallest absolute Gasteiger partial charge is 0.326 e. The molecule has 2 N–H and O–H groups in total. The van der Waals surface area contributed by atoms with Crippen molar-refractivity contribution in [2.75, 3.05) is 11.9 Å². The van der Waals surface area contributed by atoms with Crippen LogP contribution in [-0.2, 0) is 14.3 Å². The van der Waals surface area contributed by atoms with Gasteiger partial charge in [0.25, 0.3) is 11.8 Å². The third-order valence-corrected chi connectivity index (χ3v) is 3.99. The van der Waals surface area contributed by atoms with E-state index in [4.69, 9.17) is 16.3 Å². The maximum Gasteiger partial charge on any atom is 0.326 e. The van der Waals surface area contributed by atoms with E-state index < -0.39 is 30.4 Å². The van der Waals surface area contributed by atoms with Gasteiger partial charge >= 0.3 is 5.97 Å². The Morgan fingerprint density at radius 1 is 1.19 bits per heavy atom. The normalized spacial score (nSPS) is 11.4. The second-order valence-corrected chi connectivity index (χ2v) is 6.37. The van der Waals surface area contributed by atoms with E-state index in [1.807, 2.05) is 32.0 Å². The highest BCUT2D eigenvalue weighted by atomic mass is 35.5. The number of ether oxygens (including phenoxy) is 1. The predicted molar refractivity (Wildman–Crippen MR) is 102 cm³/mol. The van der Waals surface area contributed by atoms with Crippen LogP contribution in [-0.4, -0.2) is 35.4 Å². The van der Waals surface area contributed by atoms with E-state index in [2.05, 4.69) is 15.6 Å². The molecule has 0 fully saturated rings. The second kappa shape index (κ2) is 9.14. The summed E-state index contributed by atoms with van der Waals surface area (Å²) in [7, 11) is 0. The summed E-state index contributed by atoms with van der Waals surface area (Å²) in [6.07, 6.45) is 0.368. The van der Waals surface area contributed by atoms with Gasteiger partial charge in [0.2, 0.25) is 0 Å². The molecule has 0 aliphatic heterocycles. The molecule has 2 aromatic rings. The van der Waals surface area contributed by atoms with Crippen molar-refractivity contribution >= 4 is 35.1 Å². The van der Waals surface area contributed by atoms with Crippen LogP contribution in [0.15, 0.2) is 36.5 Å². The standard InChI is InChI=1S/C19H20ClN3O4/c1-11-5-4-6-12(2)17(11)23-18(25)13(3)27-16(24)10-22-19(26)15-9-14(20)7-8-21-15/h4-9,13H,10H2,1-3H3,(H,22,26)(H,23,25)/t13-/m0/s1. The number of rotatable bonds is 6. The largest absolute Gasteiger partial charge is 0.451 e. The van der Waals surface area contributed by atoms with Crippen LogP contribution < -0.4 is 10.6 Å². The van der Waals surface area contributed by atoms with Crippen LogP contribution >= 0.6 is 11.6 Å². The number of esters is 1. The van der Waals surface area contributed by atoms with Crippen LogP contribution in [0, 0.1) is 13.8 Å². The fourth-order valence-corrected chi connectivity index (χ4v) is 2.46. The Hall–Kier alpha value is -2.93. The predicted octanol–water partition coefficient (Wildman–Crippen LogP) is 2.65. The Morgan fingerprint density at radius 2 is 1.85 bits per heavy atom. The number of benzene rings is 1. The zero-order valence-electron chi connectivity index (χ0n) is 15.2. The number of hydrogen-bond donors (Lipinski definition) is 2. The Labute approximate surface area is 162 Å². The number of hydrogen-bond acceptors (Lipinski definition) is 5. The lowest BCUT2D eigenvalue weighted by Crippen LogP contribution is -2.36. The molecule has 1 heterocycles. The van der Waals surface area contributed by atoms with Gasteiger partial charge in [-0.2, -0.15) is 0 Å². The van der Waals surface area contributed by atoms with E-state index in [0.717, 1.165) is 11.1 Å². The molecular formula is C19H20ClN3O4. The van der Waals surface area contributed by atoms with Crippen LogP contribution in [0.25, 0.3) is 0 Å². The van der Waals surface area contributed by atoms with Crippen molar-refractivity contribution in [1.29, 1.82) is 0 Å². The highest BCUT2D eigenvalue weighted by Gasteiger charge is 2.20. The first-order valence-corrected chi connectivity index (χ1v) is 8.62. The molecule has 8 heteroatoms. The van der Waals surface area contributed by atoms with Gasteiger partial charge in [0, 0.05) is 16.9 Å². The minimum absolute atomic E-state index is 0.0797. The van der Waals surface area contributed by atoms with Crippen molar-refractivity contribution in [2.24, 2.45) is 0 Å². The summed E-state index contributed by atoms with van der Waals surface area (Å²) in [6, 6.07) is 8.55. The van der Waals surface area contributed by atoms with Gasteiger partial charge in [-0.3, -0.25) is 19.4 Å². The summed E-state index contributed by atoms with van der Waals surface area (Å²) in [5.41, 5.74) is 2.58. The zero-order valence-corrected chi connectivity index (χ0v) is 16.0.